The highest BCUT2D eigenvalue weighted by atomic mass is 16.3. The first-order chi connectivity index (χ1) is 8.19. The SMILES string of the molecule is N#[N+]c1ccc(C(=O)NCCCCN)c(O)c1. The van der Waals surface area contributed by atoms with Gasteiger partial charge in [-0.15, -0.1) is 0 Å². The molecule has 0 saturated carbocycles. The van der Waals surface area contributed by atoms with Crippen LogP contribution in [-0.4, -0.2) is 24.1 Å². The molecule has 1 amide bonds. The number of nitrogens with zero attached hydrogens (tertiary/aromatic N) is 2. The number of unbranched alkanes of at least 4 members (excludes halogenated alkanes) is 1. The van der Waals surface area contributed by atoms with Gasteiger partial charge in [0.05, 0.1) is 11.6 Å². The number of phenols is 1. The van der Waals surface area contributed by atoms with Crippen molar-refractivity contribution in [3.05, 3.63) is 28.7 Å². The number of aromatic hydroxyl groups is 1. The summed E-state index contributed by atoms with van der Waals surface area (Å²) in [6.07, 6.45) is 1.64. The van der Waals surface area contributed by atoms with E-state index in [9.17, 15) is 9.90 Å². The molecule has 0 aliphatic rings. The molecule has 1 aromatic rings. The number of amides is 1. The molecule has 6 nitrogen and oxygen atoms in total. The van der Waals surface area contributed by atoms with Gasteiger partial charge in [-0.2, -0.15) is 0 Å². The molecule has 0 heterocycles. The first-order valence-electron chi connectivity index (χ1n) is 5.35. The number of rotatable bonds is 5. The molecule has 6 heteroatoms. The van der Waals surface area contributed by atoms with Crippen molar-refractivity contribution in [3.8, 4) is 5.75 Å². The van der Waals surface area contributed by atoms with Gasteiger partial charge in [0.25, 0.3) is 5.91 Å². The average molecular weight is 235 g/mol. The second-order valence-electron chi connectivity index (χ2n) is 3.55. The number of hydrogen-bond acceptors (Lipinski definition) is 4. The summed E-state index contributed by atoms with van der Waals surface area (Å²) in [5, 5.41) is 20.7. The summed E-state index contributed by atoms with van der Waals surface area (Å²) in [6.45, 7) is 1.11. The largest absolute Gasteiger partial charge is 0.507 e. The zero-order valence-electron chi connectivity index (χ0n) is 9.39. The number of benzene rings is 1. The van der Waals surface area contributed by atoms with Crippen LogP contribution in [0.1, 0.15) is 23.2 Å². The first kappa shape index (κ1) is 12.9. The number of hydrogen-bond donors (Lipinski definition) is 3. The summed E-state index contributed by atoms with van der Waals surface area (Å²) in [4.78, 5) is 14.5. The minimum absolute atomic E-state index is 0.158. The Kier molecular flexibility index (Phi) is 4.91. The molecule has 1 rings (SSSR count). The van der Waals surface area contributed by atoms with Crippen molar-refractivity contribution >= 4 is 11.6 Å². The zero-order valence-corrected chi connectivity index (χ0v) is 9.39. The van der Waals surface area contributed by atoms with Crippen molar-refractivity contribution in [2.24, 2.45) is 5.73 Å². The second-order valence-corrected chi connectivity index (χ2v) is 3.55. The lowest BCUT2D eigenvalue weighted by Gasteiger charge is -2.05. The lowest BCUT2D eigenvalue weighted by Crippen LogP contribution is -2.24. The van der Waals surface area contributed by atoms with Gasteiger partial charge in [-0.05, 0) is 25.5 Å². The number of phenolic OH excluding ortho intramolecular Hbond substituents is 1. The molecule has 4 N–H and O–H groups in total. The normalized spacial score (nSPS) is 9.65. The number of carbonyl (C=O) groups is 1. The van der Waals surface area contributed by atoms with Crippen molar-refractivity contribution in [2.75, 3.05) is 13.1 Å². The zero-order chi connectivity index (χ0) is 12.7. The van der Waals surface area contributed by atoms with Gasteiger partial charge in [-0.1, -0.05) is 0 Å². The van der Waals surface area contributed by atoms with Crippen LogP contribution in [0, 0.1) is 5.39 Å². The quantitative estimate of drug-likeness (QED) is 0.529. The topological polar surface area (TPSA) is 104 Å². The van der Waals surface area contributed by atoms with E-state index < -0.39 is 0 Å². The number of carbonyl (C=O) groups excluding carboxylic acids is 1. The van der Waals surface area contributed by atoms with Crippen molar-refractivity contribution in [1.82, 2.24) is 5.32 Å². The monoisotopic (exact) mass is 235 g/mol. The van der Waals surface area contributed by atoms with Gasteiger partial charge < -0.3 is 16.2 Å². The third-order valence-electron chi connectivity index (χ3n) is 2.26. The van der Waals surface area contributed by atoms with E-state index in [1.165, 1.54) is 18.2 Å². The fourth-order valence-electron chi connectivity index (χ4n) is 1.34. The van der Waals surface area contributed by atoms with Gasteiger partial charge >= 0.3 is 5.69 Å². The van der Waals surface area contributed by atoms with Gasteiger partial charge in [0.15, 0.2) is 4.98 Å². The molecule has 17 heavy (non-hydrogen) atoms. The molecular formula is C11H15N4O2+. The lowest BCUT2D eigenvalue weighted by atomic mass is 10.1. The van der Waals surface area contributed by atoms with Gasteiger partial charge in [0.1, 0.15) is 5.75 Å². The second kappa shape index (κ2) is 6.45. The van der Waals surface area contributed by atoms with E-state index in [-0.39, 0.29) is 22.9 Å². The van der Waals surface area contributed by atoms with Crippen LogP contribution in [-0.2, 0) is 0 Å². The molecule has 0 aliphatic carbocycles. The predicted octanol–water partition coefficient (Wildman–Crippen LogP) is 1.35. The Labute approximate surface area is 99.1 Å². The van der Waals surface area contributed by atoms with Crippen LogP contribution in [0.15, 0.2) is 18.2 Å². The Morgan fingerprint density at radius 3 is 2.82 bits per heavy atom. The predicted molar refractivity (Wildman–Crippen MR) is 63.5 cm³/mol. The third kappa shape index (κ3) is 3.74. The van der Waals surface area contributed by atoms with Crippen molar-refractivity contribution < 1.29 is 9.90 Å². The van der Waals surface area contributed by atoms with Crippen LogP contribution in [0.2, 0.25) is 0 Å². The number of nitrogens with two attached hydrogens (primary N) is 1. The van der Waals surface area contributed by atoms with Crippen LogP contribution in [0.25, 0.3) is 4.98 Å². The molecule has 0 fully saturated rings. The summed E-state index contributed by atoms with van der Waals surface area (Å²) in [5.74, 6) is -0.569. The Bertz CT molecular complexity index is 440. The molecular weight excluding hydrogens is 220 g/mol. The molecule has 90 valence electrons. The van der Waals surface area contributed by atoms with Gasteiger partial charge in [-0.25, -0.2) is 0 Å². The summed E-state index contributed by atoms with van der Waals surface area (Å²) in [5.41, 5.74) is 5.68. The minimum atomic E-state index is -0.357. The van der Waals surface area contributed by atoms with Gasteiger partial charge in [0.2, 0.25) is 5.39 Å². The van der Waals surface area contributed by atoms with Crippen LogP contribution >= 0.6 is 0 Å². The highest BCUT2D eigenvalue weighted by molar-refractivity contribution is 5.97. The highest BCUT2D eigenvalue weighted by Crippen LogP contribution is 2.23. The maximum absolute atomic E-state index is 11.6. The molecule has 0 aromatic heterocycles. The van der Waals surface area contributed by atoms with E-state index in [1.54, 1.807) is 0 Å². The number of diazo groups is 1. The Hall–Kier alpha value is -2.13. The van der Waals surface area contributed by atoms with Crippen molar-refractivity contribution in [1.29, 1.82) is 5.39 Å². The summed E-state index contributed by atoms with van der Waals surface area (Å²) < 4.78 is 0. The van der Waals surface area contributed by atoms with Gasteiger partial charge in [-0.3, -0.25) is 4.79 Å². The minimum Gasteiger partial charge on any atom is -0.507 e. The fourth-order valence-corrected chi connectivity index (χ4v) is 1.34. The molecule has 0 spiro atoms. The van der Waals surface area contributed by atoms with Crippen LogP contribution in [0.5, 0.6) is 5.75 Å². The molecule has 0 atom stereocenters. The summed E-state index contributed by atoms with van der Waals surface area (Å²) >= 11 is 0. The molecule has 0 bridgehead atoms. The molecule has 0 radical (unpaired) electrons. The Balaban J connectivity index is 2.60. The molecule has 0 unspecified atom stereocenters. The molecule has 0 saturated heterocycles. The summed E-state index contributed by atoms with van der Waals surface area (Å²) in [7, 11) is 0. The smallest absolute Gasteiger partial charge is 0.388 e. The van der Waals surface area contributed by atoms with E-state index in [0.29, 0.717) is 13.1 Å². The van der Waals surface area contributed by atoms with E-state index in [0.717, 1.165) is 12.8 Å². The highest BCUT2D eigenvalue weighted by Gasteiger charge is 2.14. The van der Waals surface area contributed by atoms with Crippen molar-refractivity contribution in [2.45, 2.75) is 12.8 Å². The maximum atomic E-state index is 11.6. The van der Waals surface area contributed by atoms with E-state index in [1.807, 2.05) is 0 Å². The van der Waals surface area contributed by atoms with Crippen LogP contribution in [0.4, 0.5) is 5.69 Å². The van der Waals surface area contributed by atoms with Gasteiger partial charge in [0, 0.05) is 12.6 Å². The maximum Gasteiger partial charge on any atom is 0.388 e. The first-order valence-corrected chi connectivity index (χ1v) is 5.35. The van der Waals surface area contributed by atoms with E-state index >= 15 is 0 Å². The number of nitrogens with one attached hydrogen (secondary N) is 1. The van der Waals surface area contributed by atoms with Crippen molar-refractivity contribution in [3.63, 3.8) is 0 Å². The Morgan fingerprint density at radius 2 is 2.24 bits per heavy atom. The molecule has 1 aromatic carbocycles. The van der Waals surface area contributed by atoms with E-state index in [4.69, 9.17) is 11.1 Å². The molecule has 0 aliphatic heterocycles. The average Bonchev–Trinajstić information content (AvgIpc) is 2.34. The van der Waals surface area contributed by atoms with E-state index in [2.05, 4.69) is 10.3 Å². The lowest BCUT2D eigenvalue weighted by molar-refractivity contribution is 0.0950. The van der Waals surface area contributed by atoms with Crippen LogP contribution in [0.3, 0.4) is 0 Å². The Morgan fingerprint density at radius 1 is 1.47 bits per heavy atom. The standard InChI is InChI=1S/C11H14N4O2/c12-5-1-2-6-14-11(17)9-4-3-8(15-13)7-10(9)16/h3-4,7H,1-2,5-6,12H2,(H-,14,16,17)/p+1. The van der Waals surface area contributed by atoms with Crippen LogP contribution < -0.4 is 11.1 Å². The summed E-state index contributed by atoms with van der Waals surface area (Å²) in [6, 6.07) is 4.06. The third-order valence-corrected chi connectivity index (χ3v) is 2.26. The fraction of sp³-hybridized carbons (Fsp3) is 0.364.